The molecule has 3 aliphatic rings. The second-order valence-corrected chi connectivity index (χ2v) is 9.26. The zero-order valence-electron chi connectivity index (χ0n) is 17.6. The molecule has 1 aliphatic carbocycles. The largest absolute Gasteiger partial charge is 0.508 e. The Morgan fingerprint density at radius 2 is 1.79 bits per heavy atom. The topological polar surface area (TPSA) is 79.3 Å². The highest BCUT2D eigenvalue weighted by Gasteiger charge is 2.62. The normalized spacial score (nSPS) is 28.8. The average Bonchev–Trinajstić information content (AvgIpc) is 3.19. The van der Waals surface area contributed by atoms with E-state index in [1.807, 2.05) is 20.8 Å². The Bertz CT molecular complexity index is 812. The molecule has 29 heavy (non-hydrogen) atoms. The number of carbonyl (C=O) groups is 2. The van der Waals surface area contributed by atoms with Gasteiger partial charge in [0.1, 0.15) is 11.5 Å². The van der Waals surface area contributed by atoms with E-state index in [1.165, 1.54) is 18.1 Å². The quantitative estimate of drug-likeness (QED) is 0.783. The second-order valence-electron chi connectivity index (χ2n) is 9.26. The lowest BCUT2D eigenvalue weighted by Gasteiger charge is -2.38. The van der Waals surface area contributed by atoms with Crippen LogP contribution in [0.25, 0.3) is 0 Å². The van der Waals surface area contributed by atoms with E-state index in [0.29, 0.717) is 5.75 Å². The maximum Gasteiger partial charge on any atom is 0.261 e. The van der Waals surface area contributed by atoms with E-state index in [4.69, 9.17) is 9.57 Å². The number of likely N-dealkylation sites (tertiary alicyclic amines) is 1. The van der Waals surface area contributed by atoms with Gasteiger partial charge in [-0.05, 0) is 45.7 Å². The van der Waals surface area contributed by atoms with Crippen molar-refractivity contribution in [3.05, 3.63) is 23.8 Å². The van der Waals surface area contributed by atoms with E-state index in [2.05, 4.69) is 0 Å². The molecular formula is C22H30N2O5. The minimum Gasteiger partial charge on any atom is -0.508 e. The number of amides is 2. The van der Waals surface area contributed by atoms with E-state index in [-0.39, 0.29) is 23.6 Å². The first-order valence-electron chi connectivity index (χ1n) is 10.4. The molecule has 1 aromatic rings. The number of phenols is 1. The van der Waals surface area contributed by atoms with Crippen molar-refractivity contribution < 1.29 is 24.3 Å². The summed E-state index contributed by atoms with van der Waals surface area (Å²) in [5, 5.41) is 11.6. The molecule has 1 saturated carbocycles. The van der Waals surface area contributed by atoms with Crippen molar-refractivity contribution in [3.8, 4) is 11.5 Å². The van der Waals surface area contributed by atoms with Gasteiger partial charge in [0.15, 0.2) is 6.10 Å². The smallest absolute Gasteiger partial charge is 0.261 e. The molecule has 2 amide bonds. The number of aromatic hydroxyl groups is 1. The van der Waals surface area contributed by atoms with E-state index in [9.17, 15) is 14.7 Å². The summed E-state index contributed by atoms with van der Waals surface area (Å²) in [6, 6.07) is 4.36. The molecule has 7 nitrogen and oxygen atoms in total. The van der Waals surface area contributed by atoms with Gasteiger partial charge in [-0.2, -0.15) is 5.06 Å². The first-order chi connectivity index (χ1) is 13.7. The molecular weight excluding hydrogens is 372 g/mol. The molecule has 4 rings (SSSR count). The van der Waals surface area contributed by atoms with Gasteiger partial charge in [0, 0.05) is 23.2 Å². The van der Waals surface area contributed by atoms with Crippen molar-refractivity contribution in [3.63, 3.8) is 0 Å². The van der Waals surface area contributed by atoms with Crippen molar-refractivity contribution in [1.29, 1.82) is 0 Å². The number of imide groups is 1. The lowest BCUT2D eigenvalue weighted by atomic mass is 9.88. The van der Waals surface area contributed by atoms with Crippen molar-refractivity contribution in [2.45, 2.75) is 76.6 Å². The zero-order chi connectivity index (χ0) is 20.9. The number of ether oxygens (including phenoxy) is 1. The summed E-state index contributed by atoms with van der Waals surface area (Å²) in [7, 11) is 1.53. The van der Waals surface area contributed by atoms with Crippen molar-refractivity contribution in [1.82, 2.24) is 9.96 Å². The predicted octanol–water partition coefficient (Wildman–Crippen LogP) is 3.17. The number of phenolic OH excluding ortho intramolecular Hbond substituents is 1. The first kappa shape index (κ1) is 20.2. The number of benzene rings is 1. The highest BCUT2D eigenvalue weighted by atomic mass is 16.7. The van der Waals surface area contributed by atoms with Crippen LogP contribution in [0.2, 0.25) is 0 Å². The van der Waals surface area contributed by atoms with Crippen molar-refractivity contribution in [2.75, 3.05) is 7.11 Å². The molecule has 0 aromatic heterocycles. The van der Waals surface area contributed by atoms with Gasteiger partial charge in [0.05, 0.1) is 19.1 Å². The van der Waals surface area contributed by atoms with Crippen LogP contribution < -0.4 is 4.74 Å². The Balaban J connectivity index is 1.76. The number of rotatable bonds is 3. The van der Waals surface area contributed by atoms with Gasteiger partial charge < -0.3 is 9.84 Å². The molecule has 0 spiro atoms. The molecule has 3 unspecified atom stereocenters. The van der Waals surface area contributed by atoms with Gasteiger partial charge in [-0.3, -0.25) is 19.3 Å². The van der Waals surface area contributed by atoms with Gasteiger partial charge in [-0.1, -0.05) is 19.3 Å². The summed E-state index contributed by atoms with van der Waals surface area (Å²) in [4.78, 5) is 34.4. The number of methoxy groups -OCH3 is 1. The Labute approximate surface area is 171 Å². The van der Waals surface area contributed by atoms with Crippen molar-refractivity contribution in [2.24, 2.45) is 5.92 Å². The molecule has 158 valence electrons. The number of hydrogen-bond donors (Lipinski definition) is 1. The molecule has 3 fully saturated rings. The summed E-state index contributed by atoms with van der Waals surface area (Å²) in [5.41, 5.74) is 0.299. The fourth-order valence-electron chi connectivity index (χ4n) is 4.97. The van der Waals surface area contributed by atoms with Gasteiger partial charge in [-0.15, -0.1) is 0 Å². The number of hydrogen-bond acceptors (Lipinski definition) is 6. The van der Waals surface area contributed by atoms with E-state index < -0.39 is 23.6 Å². The van der Waals surface area contributed by atoms with Crippen LogP contribution in [0.1, 0.15) is 64.5 Å². The van der Waals surface area contributed by atoms with E-state index in [1.54, 1.807) is 17.2 Å². The van der Waals surface area contributed by atoms with Gasteiger partial charge in [0.25, 0.3) is 5.91 Å². The van der Waals surface area contributed by atoms with E-state index in [0.717, 1.165) is 37.7 Å². The fraction of sp³-hybridized carbons (Fsp3) is 0.636. The maximum atomic E-state index is 13.5. The number of fused-ring (bicyclic) bond motifs is 1. The number of hydroxylamine groups is 2. The van der Waals surface area contributed by atoms with Crippen LogP contribution in [0.5, 0.6) is 11.5 Å². The Morgan fingerprint density at radius 1 is 1.10 bits per heavy atom. The third-order valence-corrected chi connectivity index (χ3v) is 6.29. The lowest BCUT2D eigenvalue weighted by Crippen LogP contribution is -2.47. The summed E-state index contributed by atoms with van der Waals surface area (Å²) >= 11 is 0. The van der Waals surface area contributed by atoms with Crippen LogP contribution in [-0.2, 0) is 14.4 Å². The van der Waals surface area contributed by atoms with Crippen LogP contribution in [-0.4, -0.2) is 51.7 Å². The van der Waals surface area contributed by atoms with Crippen LogP contribution in [0.3, 0.4) is 0 Å². The zero-order valence-corrected chi connectivity index (χ0v) is 17.6. The Morgan fingerprint density at radius 3 is 2.41 bits per heavy atom. The van der Waals surface area contributed by atoms with Crippen LogP contribution in [0, 0.1) is 5.92 Å². The fourth-order valence-corrected chi connectivity index (χ4v) is 4.97. The summed E-state index contributed by atoms with van der Waals surface area (Å²) < 4.78 is 5.50. The summed E-state index contributed by atoms with van der Waals surface area (Å²) in [6.45, 7) is 5.96. The average molecular weight is 402 g/mol. The molecule has 2 saturated heterocycles. The molecule has 1 N–H and O–H groups in total. The third kappa shape index (κ3) is 3.30. The van der Waals surface area contributed by atoms with Crippen LogP contribution in [0.4, 0.5) is 0 Å². The summed E-state index contributed by atoms with van der Waals surface area (Å²) in [6.07, 6.45) is 4.16. The predicted molar refractivity (Wildman–Crippen MR) is 106 cm³/mol. The van der Waals surface area contributed by atoms with E-state index >= 15 is 0 Å². The molecule has 2 heterocycles. The minimum atomic E-state index is -0.813. The number of carbonyl (C=O) groups excluding carboxylic acids is 2. The van der Waals surface area contributed by atoms with Gasteiger partial charge >= 0.3 is 0 Å². The van der Waals surface area contributed by atoms with Crippen LogP contribution >= 0.6 is 0 Å². The SMILES string of the molecule is COc1cc(O)ccc1C1C2C(=O)N(C3CCCCC3)C(=O)C2ON1C(C)(C)C. The Kier molecular flexibility index (Phi) is 5.07. The molecule has 2 aliphatic heterocycles. The molecule has 1 aromatic carbocycles. The maximum absolute atomic E-state index is 13.5. The Hall–Kier alpha value is -2.12. The molecule has 0 radical (unpaired) electrons. The van der Waals surface area contributed by atoms with Gasteiger partial charge in [-0.25, -0.2) is 0 Å². The lowest BCUT2D eigenvalue weighted by molar-refractivity contribution is -0.216. The van der Waals surface area contributed by atoms with Gasteiger partial charge in [0.2, 0.25) is 5.91 Å². The molecule has 7 heteroatoms. The highest BCUT2D eigenvalue weighted by Crippen LogP contribution is 2.50. The minimum absolute atomic E-state index is 0.0246. The standard InChI is InChI=1S/C22H30N2O5/c1-22(2,3)24-18(15-11-10-14(25)12-16(15)28-4)17-19(29-24)21(27)23(20(17)26)13-8-6-5-7-9-13/h10-13,17-19,25H,5-9H2,1-4H3. The second kappa shape index (κ2) is 7.29. The number of nitrogens with zero attached hydrogens (tertiary/aromatic N) is 2. The molecule has 0 bridgehead atoms. The summed E-state index contributed by atoms with van der Waals surface area (Å²) in [5.74, 6) is -0.437. The highest BCUT2D eigenvalue weighted by molar-refractivity contribution is 6.07. The van der Waals surface area contributed by atoms with Crippen molar-refractivity contribution >= 4 is 11.8 Å². The van der Waals surface area contributed by atoms with Crippen LogP contribution in [0.15, 0.2) is 18.2 Å². The first-order valence-corrected chi connectivity index (χ1v) is 10.4. The molecule has 3 atom stereocenters. The monoisotopic (exact) mass is 402 g/mol. The third-order valence-electron chi connectivity index (χ3n) is 6.29.